The summed E-state index contributed by atoms with van der Waals surface area (Å²) in [7, 11) is 0. The molecule has 0 spiro atoms. The first-order valence-corrected chi connectivity index (χ1v) is 7.16. The van der Waals surface area contributed by atoms with Crippen molar-refractivity contribution in [1.29, 1.82) is 0 Å². The summed E-state index contributed by atoms with van der Waals surface area (Å²) in [5.41, 5.74) is 0.806. The zero-order valence-corrected chi connectivity index (χ0v) is 11.6. The van der Waals surface area contributed by atoms with Crippen LogP contribution in [0.1, 0.15) is 31.7 Å². The second-order valence-corrected chi connectivity index (χ2v) is 5.55. The predicted molar refractivity (Wildman–Crippen MR) is 76.2 cm³/mol. The van der Waals surface area contributed by atoms with E-state index >= 15 is 0 Å². The van der Waals surface area contributed by atoms with Gasteiger partial charge in [-0.25, -0.2) is 0 Å². The maximum atomic E-state index is 11.5. The number of hydrogen-bond donors (Lipinski definition) is 1. The Kier molecular flexibility index (Phi) is 4.59. The summed E-state index contributed by atoms with van der Waals surface area (Å²) in [6, 6.07) is 10.4. The van der Waals surface area contributed by atoms with Gasteiger partial charge in [0.1, 0.15) is 0 Å². The lowest BCUT2D eigenvalue weighted by Gasteiger charge is -2.39. The van der Waals surface area contributed by atoms with E-state index in [1.807, 2.05) is 13.0 Å². The molecule has 1 aromatic rings. The Balaban J connectivity index is 1.93. The van der Waals surface area contributed by atoms with Gasteiger partial charge in [-0.3, -0.25) is 4.79 Å². The summed E-state index contributed by atoms with van der Waals surface area (Å²) < 4.78 is 0. The number of hydrogen-bond acceptors (Lipinski definition) is 2. The molecule has 1 atom stereocenters. The highest BCUT2D eigenvalue weighted by Gasteiger charge is 2.40. The molecule has 0 saturated carbocycles. The van der Waals surface area contributed by atoms with E-state index in [-0.39, 0.29) is 0 Å². The Morgan fingerprint density at radius 1 is 1.37 bits per heavy atom. The van der Waals surface area contributed by atoms with Crippen LogP contribution < -0.4 is 0 Å². The van der Waals surface area contributed by atoms with Crippen LogP contribution in [0, 0.1) is 5.41 Å². The minimum atomic E-state index is -0.626. The lowest BCUT2D eigenvalue weighted by atomic mass is 9.77. The van der Waals surface area contributed by atoms with Gasteiger partial charge in [0, 0.05) is 13.1 Å². The normalized spacial score (nSPS) is 24.3. The average Bonchev–Trinajstić information content (AvgIpc) is 2.46. The number of carboxylic acid groups (broad SMARTS) is 1. The Morgan fingerprint density at radius 2 is 2.11 bits per heavy atom. The summed E-state index contributed by atoms with van der Waals surface area (Å²) in [5, 5.41) is 9.47. The molecule has 1 unspecified atom stereocenters. The van der Waals surface area contributed by atoms with Gasteiger partial charge in [-0.15, -0.1) is 0 Å². The molecule has 2 rings (SSSR count). The van der Waals surface area contributed by atoms with E-state index in [0.29, 0.717) is 6.54 Å². The first-order valence-electron chi connectivity index (χ1n) is 7.16. The van der Waals surface area contributed by atoms with Gasteiger partial charge in [0.2, 0.25) is 0 Å². The van der Waals surface area contributed by atoms with Crippen molar-refractivity contribution in [3.63, 3.8) is 0 Å². The zero-order chi connectivity index (χ0) is 13.7. The van der Waals surface area contributed by atoms with Crippen LogP contribution in [-0.4, -0.2) is 35.6 Å². The minimum Gasteiger partial charge on any atom is -0.481 e. The van der Waals surface area contributed by atoms with Crippen molar-refractivity contribution in [2.45, 2.75) is 32.6 Å². The fraction of sp³-hybridized carbons (Fsp3) is 0.562. The molecule has 0 aliphatic carbocycles. The van der Waals surface area contributed by atoms with E-state index in [0.717, 1.165) is 38.8 Å². The monoisotopic (exact) mass is 261 g/mol. The Bertz CT molecular complexity index is 418. The molecule has 104 valence electrons. The zero-order valence-electron chi connectivity index (χ0n) is 11.6. The number of benzene rings is 1. The molecule has 1 aliphatic rings. The van der Waals surface area contributed by atoms with Crippen LogP contribution in [0.5, 0.6) is 0 Å². The summed E-state index contributed by atoms with van der Waals surface area (Å²) in [4.78, 5) is 13.8. The highest BCUT2D eigenvalue weighted by atomic mass is 16.4. The standard InChI is InChI=1S/C16H23NO2/c1-2-16(15(18)19)10-6-11-17(13-16)12-9-14-7-4-3-5-8-14/h3-5,7-8H,2,6,9-13H2,1H3,(H,18,19). The van der Waals surface area contributed by atoms with E-state index in [2.05, 4.69) is 29.2 Å². The van der Waals surface area contributed by atoms with Gasteiger partial charge in [-0.1, -0.05) is 37.3 Å². The number of likely N-dealkylation sites (tertiary alicyclic amines) is 1. The van der Waals surface area contributed by atoms with E-state index in [9.17, 15) is 9.90 Å². The molecule has 0 radical (unpaired) electrons. The molecular formula is C16H23NO2. The first kappa shape index (κ1) is 14.1. The van der Waals surface area contributed by atoms with Crippen molar-refractivity contribution in [2.24, 2.45) is 5.41 Å². The van der Waals surface area contributed by atoms with Crippen LogP contribution in [0.3, 0.4) is 0 Å². The lowest BCUT2D eigenvalue weighted by Crippen LogP contribution is -2.48. The third kappa shape index (κ3) is 3.35. The second kappa shape index (κ2) is 6.20. The molecule has 0 aromatic heterocycles. The van der Waals surface area contributed by atoms with Crippen LogP contribution in [0.4, 0.5) is 0 Å². The predicted octanol–water partition coefficient (Wildman–Crippen LogP) is 2.81. The smallest absolute Gasteiger partial charge is 0.310 e. The number of carbonyl (C=O) groups is 1. The van der Waals surface area contributed by atoms with E-state index in [1.165, 1.54) is 5.56 Å². The topological polar surface area (TPSA) is 40.5 Å². The number of aliphatic carboxylic acids is 1. The van der Waals surface area contributed by atoms with Crippen LogP contribution in [0.15, 0.2) is 30.3 Å². The number of rotatable bonds is 5. The summed E-state index contributed by atoms with van der Waals surface area (Å²) >= 11 is 0. The maximum Gasteiger partial charge on any atom is 0.310 e. The second-order valence-electron chi connectivity index (χ2n) is 5.55. The van der Waals surface area contributed by atoms with Gasteiger partial charge in [0.15, 0.2) is 0 Å². The molecular weight excluding hydrogens is 238 g/mol. The molecule has 1 N–H and O–H groups in total. The summed E-state index contributed by atoms with van der Waals surface area (Å²) in [6.45, 7) is 4.68. The van der Waals surface area contributed by atoms with Crippen molar-refractivity contribution >= 4 is 5.97 Å². The molecule has 0 amide bonds. The third-order valence-corrected chi connectivity index (χ3v) is 4.35. The van der Waals surface area contributed by atoms with Crippen LogP contribution >= 0.6 is 0 Å². The average molecular weight is 261 g/mol. The fourth-order valence-corrected chi connectivity index (χ4v) is 2.96. The Hall–Kier alpha value is -1.35. The largest absolute Gasteiger partial charge is 0.481 e. The SMILES string of the molecule is CCC1(C(=O)O)CCCN(CCc2ccccc2)C1. The number of nitrogens with zero attached hydrogens (tertiary/aromatic N) is 1. The van der Waals surface area contributed by atoms with Gasteiger partial charge in [-0.2, -0.15) is 0 Å². The summed E-state index contributed by atoms with van der Waals surface area (Å²) in [6.07, 6.45) is 3.54. The van der Waals surface area contributed by atoms with Gasteiger partial charge in [0.05, 0.1) is 5.41 Å². The number of carboxylic acids is 1. The first-order chi connectivity index (χ1) is 9.16. The highest BCUT2D eigenvalue weighted by Crippen LogP contribution is 2.33. The minimum absolute atomic E-state index is 0.519. The molecule has 1 heterocycles. The van der Waals surface area contributed by atoms with Crippen LogP contribution in [0.25, 0.3) is 0 Å². The van der Waals surface area contributed by atoms with Gasteiger partial charge < -0.3 is 10.0 Å². The van der Waals surface area contributed by atoms with E-state index in [4.69, 9.17) is 0 Å². The Morgan fingerprint density at radius 3 is 2.74 bits per heavy atom. The lowest BCUT2D eigenvalue weighted by molar-refractivity contribution is -0.152. The molecule has 1 fully saturated rings. The fourth-order valence-electron chi connectivity index (χ4n) is 2.96. The molecule has 3 heteroatoms. The van der Waals surface area contributed by atoms with Crippen molar-refractivity contribution in [3.8, 4) is 0 Å². The number of piperidine rings is 1. The van der Waals surface area contributed by atoms with Gasteiger partial charge in [0.25, 0.3) is 0 Å². The van der Waals surface area contributed by atoms with Crippen molar-refractivity contribution < 1.29 is 9.90 Å². The van der Waals surface area contributed by atoms with Crippen LogP contribution in [0.2, 0.25) is 0 Å². The molecule has 1 saturated heterocycles. The molecule has 3 nitrogen and oxygen atoms in total. The van der Waals surface area contributed by atoms with Gasteiger partial charge >= 0.3 is 5.97 Å². The quantitative estimate of drug-likeness (QED) is 0.886. The molecule has 0 bridgehead atoms. The van der Waals surface area contributed by atoms with Crippen molar-refractivity contribution in [3.05, 3.63) is 35.9 Å². The molecule has 19 heavy (non-hydrogen) atoms. The van der Waals surface area contributed by atoms with Gasteiger partial charge in [-0.05, 0) is 37.8 Å². The summed E-state index contributed by atoms with van der Waals surface area (Å²) in [5.74, 6) is -0.626. The van der Waals surface area contributed by atoms with Crippen molar-refractivity contribution in [1.82, 2.24) is 4.90 Å². The van der Waals surface area contributed by atoms with Crippen molar-refractivity contribution in [2.75, 3.05) is 19.6 Å². The molecule has 1 aromatic carbocycles. The molecule has 1 aliphatic heterocycles. The Labute approximate surface area is 115 Å². The third-order valence-electron chi connectivity index (χ3n) is 4.35. The highest BCUT2D eigenvalue weighted by molar-refractivity contribution is 5.75. The maximum absolute atomic E-state index is 11.5. The van der Waals surface area contributed by atoms with E-state index < -0.39 is 11.4 Å². The van der Waals surface area contributed by atoms with Crippen LogP contribution in [-0.2, 0) is 11.2 Å². The van der Waals surface area contributed by atoms with E-state index in [1.54, 1.807) is 0 Å².